The molecule has 0 aromatic rings. The first-order valence-electron chi connectivity index (χ1n) is 6.15. The van der Waals surface area contributed by atoms with E-state index in [9.17, 15) is 0 Å². The Hall–Kier alpha value is -0.432. The third kappa shape index (κ3) is 9.15. The van der Waals surface area contributed by atoms with E-state index in [-0.39, 0.29) is 32.0 Å². The minimum Gasteiger partial charge on any atom is -0.870 e. The van der Waals surface area contributed by atoms with Crippen molar-refractivity contribution in [3.05, 3.63) is 47.6 Å². The van der Waals surface area contributed by atoms with E-state index in [1.54, 1.807) is 0 Å². The first kappa shape index (κ1) is 23.6. The zero-order valence-electron chi connectivity index (χ0n) is 12.2. The molecule has 0 saturated carbocycles. The molecule has 2 rings (SSSR count). The second kappa shape index (κ2) is 12.6. The molecule has 108 valence electrons. The Morgan fingerprint density at radius 1 is 0.789 bits per heavy atom. The number of hydrogen-bond donors (Lipinski definition) is 0. The molecule has 0 saturated heterocycles. The molecule has 2 nitrogen and oxygen atoms in total. The van der Waals surface area contributed by atoms with Crippen molar-refractivity contribution in [2.45, 2.75) is 40.5 Å². The second-order valence-corrected chi connectivity index (χ2v) is 4.79. The van der Waals surface area contributed by atoms with Crippen molar-refractivity contribution in [2.75, 3.05) is 0 Å². The molecular weight excluding hydrogens is 408 g/mol. The van der Waals surface area contributed by atoms with E-state index in [0.717, 1.165) is 12.8 Å². The average molecular weight is 432 g/mol. The fourth-order valence-electron chi connectivity index (χ4n) is 1.64. The molecule has 0 atom stereocenters. The molecule has 19 heavy (non-hydrogen) atoms. The summed E-state index contributed by atoms with van der Waals surface area (Å²) in [5, 5.41) is 0. The van der Waals surface area contributed by atoms with Gasteiger partial charge in [0.15, 0.2) is 0 Å². The summed E-state index contributed by atoms with van der Waals surface area (Å²) in [6.45, 7) is 8.77. The van der Waals surface area contributed by atoms with Crippen LogP contribution in [0.25, 0.3) is 0 Å². The normalized spacial score (nSPS) is 14.8. The molecule has 3 heteroatoms. The average Bonchev–Trinajstić information content (AvgIpc) is 2.93. The topological polar surface area (TPSA) is 60.0 Å². The summed E-state index contributed by atoms with van der Waals surface area (Å²) < 4.78 is 0. The fraction of sp³-hybridized carbons (Fsp3) is 0.500. The molecule has 0 aliphatic heterocycles. The summed E-state index contributed by atoms with van der Waals surface area (Å²) in [6, 6.07) is 0. The van der Waals surface area contributed by atoms with Gasteiger partial charge in [0.25, 0.3) is 0 Å². The van der Waals surface area contributed by atoms with Crippen LogP contribution in [0.5, 0.6) is 0 Å². The van der Waals surface area contributed by atoms with Gasteiger partial charge in [-0.3, -0.25) is 12.2 Å². The van der Waals surface area contributed by atoms with E-state index in [1.165, 1.54) is 11.1 Å². The molecule has 0 radical (unpaired) electrons. The summed E-state index contributed by atoms with van der Waals surface area (Å²) in [6.07, 6.45) is 17.2. The van der Waals surface area contributed by atoms with Crippen LogP contribution < -0.4 is 0 Å². The Kier molecular flexibility index (Phi) is 15.7. The van der Waals surface area contributed by atoms with Crippen LogP contribution >= 0.6 is 0 Å². The molecule has 0 heterocycles. The van der Waals surface area contributed by atoms with Crippen LogP contribution in [0.15, 0.2) is 35.5 Å². The van der Waals surface area contributed by atoms with Crippen molar-refractivity contribution in [3.63, 3.8) is 0 Å². The molecule has 0 aromatic carbocycles. The van der Waals surface area contributed by atoms with Gasteiger partial charge in [-0.15, -0.1) is 12.8 Å². The van der Waals surface area contributed by atoms with Gasteiger partial charge < -0.3 is 11.0 Å². The third-order valence-corrected chi connectivity index (χ3v) is 2.69. The SMILES string of the molecule is CC(C)C1=[C-]CC=C1.CC(C)C1=[C-]CC=C1.[OH-].[OH-].[W+2]. The van der Waals surface area contributed by atoms with Crippen LogP contribution in [-0.4, -0.2) is 11.0 Å². The first-order chi connectivity index (χ1) is 7.61. The Bertz CT molecular complexity index is 303. The zero-order valence-corrected chi connectivity index (χ0v) is 15.1. The summed E-state index contributed by atoms with van der Waals surface area (Å²) in [7, 11) is 0. The zero-order chi connectivity index (χ0) is 12.0. The molecule has 0 amide bonds. The Morgan fingerprint density at radius 2 is 1.11 bits per heavy atom. The van der Waals surface area contributed by atoms with Gasteiger partial charge in [-0.1, -0.05) is 39.5 Å². The van der Waals surface area contributed by atoms with E-state index >= 15 is 0 Å². The number of allylic oxidation sites excluding steroid dienone is 8. The summed E-state index contributed by atoms with van der Waals surface area (Å²) >= 11 is 0. The standard InChI is InChI=1S/2C8H11.2H2O.W/c2*1-7(2)8-5-3-4-6-8;;;/h2*3,5,7H,4H2,1-2H3;2*1H2;/q2*-1;;;+2/p-2. The minimum atomic E-state index is 0. The summed E-state index contributed by atoms with van der Waals surface area (Å²) in [5.41, 5.74) is 2.73. The van der Waals surface area contributed by atoms with Gasteiger partial charge in [0, 0.05) is 0 Å². The van der Waals surface area contributed by atoms with Crippen LogP contribution in [0.2, 0.25) is 0 Å². The van der Waals surface area contributed by atoms with E-state index in [2.05, 4.69) is 64.2 Å². The van der Waals surface area contributed by atoms with Crippen LogP contribution in [-0.2, 0) is 21.1 Å². The van der Waals surface area contributed by atoms with E-state index in [0.29, 0.717) is 11.8 Å². The minimum absolute atomic E-state index is 0. The Morgan fingerprint density at radius 3 is 1.21 bits per heavy atom. The molecule has 0 unspecified atom stereocenters. The molecule has 0 aromatic heterocycles. The molecular formula is C16H24O2W-2. The van der Waals surface area contributed by atoms with Crippen LogP contribution in [0, 0.1) is 24.0 Å². The van der Waals surface area contributed by atoms with Gasteiger partial charge in [-0.2, -0.15) is 12.2 Å². The fourth-order valence-corrected chi connectivity index (χ4v) is 1.64. The van der Waals surface area contributed by atoms with Gasteiger partial charge in [-0.25, -0.2) is 23.3 Å². The van der Waals surface area contributed by atoms with Gasteiger partial charge in [0.2, 0.25) is 0 Å². The van der Waals surface area contributed by atoms with Crippen LogP contribution in [0.4, 0.5) is 0 Å². The van der Waals surface area contributed by atoms with Crippen molar-refractivity contribution in [1.82, 2.24) is 0 Å². The predicted octanol–water partition coefficient (Wildman–Crippen LogP) is 4.31. The quantitative estimate of drug-likeness (QED) is 0.611. The smallest absolute Gasteiger partial charge is 0.870 e. The van der Waals surface area contributed by atoms with Crippen molar-refractivity contribution in [3.8, 4) is 0 Å². The molecule has 0 spiro atoms. The maximum atomic E-state index is 3.26. The van der Waals surface area contributed by atoms with Gasteiger partial charge in [0.1, 0.15) is 0 Å². The van der Waals surface area contributed by atoms with Gasteiger partial charge >= 0.3 is 21.1 Å². The van der Waals surface area contributed by atoms with Crippen molar-refractivity contribution in [1.29, 1.82) is 0 Å². The van der Waals surface area contributed by atoms with Crippen LogP contribution in [0.3, 0.4) is 0 Å². The second-order valence-electron chi connectivity index (χ2n) is 4.79. The van der Waals surface area contributed by atoms with Crippen molar-refractivity contribution >= 4 is 0 Å². The molecule has 2 N–H and O–H groups in total. The third-order valence-electron chi connectivity index (χ3n) is 2.69. The molecule has 0 bridgehead atoms. The van der Waals surface area contributed by atoms with Crippen molar-refractivity contribution < 1.29 is 32.0 Å². The molecule has 2 aliphatic rings. The van der Waals surface area contributed by atoms with E-state index < -0.39 is 0 Å². The number of hydrogen-bond acceptors (Lipinski definition) is 2. The monoisotopic (exact) mass is 432 g/mol. The van der Waals surface area contributed by atoms with Gasteiger partial charge in [0.05, 0.1) is 0 Å². The largest absolute Gasteiger partial charge is 2.00 e. The summed E-state index contributed by atoms with van der Waals surface area (Å²) in [5.74, 6) is 1.32. The molecule has 0 fully saturated rings. The summed E-state index contributed by atoms with van der Waals surface area (Å²) in [4.78, 5) is 0. The maximum absolute atomic E-state index is 3.26. The van der Waals surface area contributed by atoms with Crippen LogP contribution in [0.1, 0.15) is 40.5 Å². The van der Waals surface area contributed by atoms with E-state index in [4.69, 9.17) is 0 Å². The Balaban J connectivity index is -0.000000233. The van der Waals surface area contributed by atoms with E-state index in [1.807, 2.05) is 0 Å². The maximum Gasteiger partial charge on any atom is 2.00 e. The number of rotatable bonds is 2. The Labute approximate surface area is 132 Å². The predicted molar refractivity (Wildman–Crippen MR) is 74.6 cm³/mol. The van der Waals surface area contributed by atoms with Crippen molar-refractivity contribution in [2.24, 2.45) is 11.8 Å². The van der Waals surface area contributed by atoms with Gasteiger partial charge in [-0.05, 0) is 0 Å². The molecule has 2 aliphatic carbocycles. The first-order valence-corrected chi connectivity index (χ1v) is 6.15.